The van der Waals surface area contributed by atoms with E-state index in [9.17, 15) is 8.42 Å². The van der Waals surface area contributed by atoms with E-state index in [-0.39, 0.29) is 11.0 Å². The fraction of sp³-hybridized carbons (Fsp3) is 0.400. The molecule has 1 heterocycles. The third-order valence-corrected chi connectivity index (χ3v) is 4.79. The van der Waals surface area contributed by atoms with Crippen LogP contribution in [0.25, 0.3) is 10.9 Å². The summed E-state index contributed by atoms with van der Waals surface area (Å²) in [5.41, 5.74) is 0.369. The summed E-state index contributed by atoms with van der Waals surface area (Å²) in [6.45, 7) is 0. The predicted molar refractivity (Wildman–Crippen MR) is 80.6 cm³/mol. The van der Waals surface area contributed by atoms with Gasteiger partial charge in [0.2, 0.25) is 10.0 Å². The van der Waals surface area contributed by atoms with Gasteiger partial charge in [-0.1, -0.05) is 6.42 Å². The van der Waals surface area contributed by atoms with Gasteiger partial charge in [-0.2, -0.15) is 0 Å². The Bertz CT molecular complexity index is 753. The first-order chi connectivity index (χ1) is 10.1. The van der Waals surface area contributed by atoms with E-state index < -0.39 is 10.0 Å². The summed E-state index contributed by atoms with van der Waals surface area (Å²) in [4.78, 5) is 4.20. The molecule has 0 bridgehead atoms. The second kappa shape index (κ2) is 5.61. The molecule has 0 aliphatic heterocycles. The highest BCUT2D eigenvalue weighted by Crippen LogP contribution is 2.31. The van der Waals surface area contributed by atoms with Crippen molar-refractivity contribution < 1.29 is 13.2 Å². The minimum atomic E-state index is -3.80. The quantitative estimate of drug-likeness (QED) is 0.945. The van der Waals surface area contributed by atoms with E-state index in [0.717, 1.165) is 12.8 Å². The highest BCUT2D eigenvalue weighted by atomic mass is 32.2. The van der Waals surface area contributed by atoms with E-state index in [4.69, 9.17) is 9.88 Å². The number of sulfonamides is 1. The van der Waals surface area contributed by atoms with Crippen LogP contribution in [0.15, 0.2) is 35.4 Å². The van der Waals surface area contributed by atoms with E-state index in [1.54, 1.807) is 18.3 Å². The number of nitrogens with two attached hydrogens (primary N) is 1. The molecule has 21 heavy (non-hydrogen) atoms. The van der Waals surface area contributed by atoms with Crippen LogP contribution in [-0.2, 0) is 10.0 Å². The molecule has 2 N–H and O–H groups in total. The fourth-order valence-corrected chi connectivity index (χ4v) is 3.51. The molecule has 1 saturated carbocycles. The van der Waals surface area contributed by atoms with Gasteiger partial charge in [0.15, 0.2) is 0 Å². The topological polar surface area (TPSA) is 82.3 Å². The number of ether oxygens (including phenoxy) is 1. The van der Waals surface area contributed by atoms with Crippen LogP contribution in [0.1, 0.15) is 32.1 Å². The van der Waals surface area contributed by atoms with Crippen molar-refractivity contribution in [1.82, 2.24) is 4.98 Å². The molecule has 3 rings (SSSR count). The average Bonchev–Trinajstić information content (AvgIpc) is 2.47. The number of benzene rings is 1. The minimum Gasteiger partial charge on any atom is -0.490 e. The maximum atomic E-state index is 11.6. The van der Waals surface area contributed by atoms with Gasteiger partial charge in [0, 0.05) is 11.6 Å². The zero-order valence-corrected chi connectivity index (χ0v) is 12.5. The average molecular weight is 306 g/mol. The molecule has 0 amide bonds. The molecule has 1 aromatic heterocycles. The molecule has 1 aliphatic carbocycles. The Kier molecular flexibility index (Phi) is 3.82. The zero-order valence-electron chi connectivity index (χ0n) is 11.7. The smallest absolute Gasteiger partial charge is 0.240 e. The van der Waals surface area contributed by atoms with E-state index in [2.05, 4.69) is 4.98 Å². The fourth-order valence-electron chi connectivity index (χ4n) is 2.82. The third kappa shape index (κ3) is 3.01. The number of hydrogen-bond donors (Lipinski definition) is 1. The molecule has 0 spiro atoms. The van der Waals surface area contributed by atoms with Crippen molar-refractivity contribution in [2.75, 3.05) is 0 Å². The standard InChI is InChI=1S/C15H18N2O3S/c16-21(18,19)14-9-8-13(12-7-4-10-17-15(12)14)20-11-5-2-1-3-6-11/h4,7-11H,1-3,5-6H2,(H2,16,18,19). The van der Waals surface area contributed by atoms with Gasteiger partial charge in [-0.3, -0.25) is 4.98 Å². The zero-order chi connectivity index (χ0) is 14.9. The lowest BCUT2D eigenvalue weighted by Crippen LogP contribution is -2.20. The van der Waals surface area contributed by atoms with Gasteiger partial charge in [-0.05, 0) is 49.9 Å². The Labute approximate surface area is 124 Å². The first kappa shape index (κ1) is 14.3. The lowest BCUT2D eigenvalue weighted by molar-refractivity contribution is 0.157. The number of hydrogen-bond acceptors (Lipinski definition) is 4. The largest absolute Gasteiger partial charge is 0.490 e. The normalized spacial score (nSPS) is 17.0. The second-order valence-corrected chi connectivity index (χ2v) is 6.91. The van der Waals surface area contributed by atoms with Crippen LogP contribution in [-0.4, -0.2) is 19.5 Å². The Morgan fingerprint density at radius 3 is 2.62 bits per heavy atom. The number of nitrogens with zero attached hydrogens (tertiary/aromatic N) is 1. The summed E-state index contributed by atoms with van der Waals surface area (Å²) in [5, 5.41) is 5.94. The van der Waals surface area contributed by atoms with Gasteiger partial charge in [-0.25, -0.2) is 13.6 Å². The van der Waals surface area contributed by atoms with Crippen LogP contribution >= 0.6 is 0 Å². The molecule has 0 atom stereocenters. The van der Waals surface area contributed by atoms with Crippen molar-refractivity contribution in [1.29, 1.82) is 0 Å². The Balaban J connectivity index is 2.04. The molecule has 6 heteroatoms. The van der Waals surface area contributed by atoms with Crippen LogP contribution in [0.2, 0.25) is 0 Å². The number of pyridine rings is 1. The van der Waals surface area contributed by atoms with Gasteiger partial charge in [0.25, 0.3) is 0 Å². The minimum absolute atomic E-state index is 0.0362. The van der Waals surface area contributed by atoms with Crippen molar-refractivity contribution in [3.05, 3.63) is 30.5 Å². The lowest BCUT2D eigenvalue weighted by Gasteiger charge is -2.23. The molecule has 0 unspecified atom stereocenters. The van der Waals surface area contributed by atoms with E-state index >= 15 is 0 Å². The van der Waals surface area contributed by atoms with E-state index in [0.29, 0.717) is 16.7 Å². The first-order valence-electron chi connectivity index (χ1n) is 7.13. The number of aromatic nitrogens is 1. The molecular formula is C15H18N2O3S. The molecule has 1 aromatic carbocycles. The third-order valence-electron chi connectivity index (χ3n) is 3.85. The SMILES string of the molecule is NS(=O)(=O)c1ccc(OC2CCCCC2)c2cccnc12. The lowest BCUT2D eigenvalue weighted by atomic mass is 9.98. The molecule has 0 radical (unpaired) electrons. The summed E-state index contributed by atoms with van der Waals surface area (Å²) in [6.07, 6.45) is 7.44. The van der Waals surface area contributed by atoms with E-state index in [1.165, 1.54) is 25.3 Å². The van der Waals surface area contributed by atoms with Gasteiger partial charge in [0.05, 0.1) is 11.6 Å². The molecule has 1 aliphatic rings. The van der Waals surface area contributed by atoms with Crippen molar-refractivity contribution in [2.45, 2.75) is 43.1 Å². The highest BCUT2D eigenvalue weighted by molar-refractivity contribution is 7.89. The number of primary sulfonamides is 1. The van der Waals surface area contributed by atoms with E-state index in [1.807, 2.05) is 6.07 Å². The maximum absolute atomic E-state index is 11.6. The van der Waals surface area contributed by atoms with Crippen LogP contribution in [0.3, 0.4) is 0 Å². The molecule has 1 fully saturated rings. The molecule has 0 saturated heterocycles. The van der Waals surface area contributed by atoms with Gasteiger partial charge < -0.3 is 4.74 Å². The van der Waals surface area contributed by atoms with Crippen LogP contribution in [0.5, 0.6) is 5.75 Å². The molecule has 2 aromatic rings. The Morgan fingerprint density at radius 2 is 1.90 bits per heavy atom. The summed E-state index contributed by atoms with van der Waals surface area (Å²) in [7, 11) is -3.80. The molecular weight excluding hydrogens is 288 g/mol. The molecule has 112 valence electrons. The summed E-state index contributed by atoms with van der Waals surface area (Å²) in [6, 6.07) is 6.74. The highest BCUT2D eigenvalue weighted by Gasteiger charge is 2.19. The maximum Gasteiger partial charge on any atom is 0.240 e. The van der Waals surface area contributed by atoms with Crippen molar-refractivity contribution in [3.8, 4) is 5.75 Å². The van der Waals surface area contributed by atoms with Crippen LogP contribution in [0.4, 0.5) is 0 Å². The second-order valence-electron chi connectivity index (χ2n) is 5.38. The van der Waals surface area contributed by atoms with Crippen LogP contribution in [0, 0.1) is 0 Å². The van der Waals surface area contributed by atoms with Gasteiger partial charge in [-0.15, -0.1) is 0 Å². The monoisotopic (exact) mass is 306 g/mol. The van der Waals surface area contributed by atoms with Crippen LogP contribution < -0.4 is 9.88 Å². The van der Waals surface area contributed by atoms with Crippen molar-refractivity contribution in [3.63, 3.8) is 0 Å². The van der Waals surface area contributed by atoms with Crippen molar-refractivity contribution in [2.24, 2.45) is 5.14 Å². The summed E-state index contributed by atoms with van der Waals surface area (Å²) >= 11 is 0. The predicted octanol–water partition coefficient (Wildman–Crippen LogP) is 2.59. The molecule has 5 nitrogen and oxygen atoms in total. The summed E-state index contributed by atoms with van der Waals surface area (Å²) in [5.74, 6) is 0.678. The first-order valence-corrected chi connectivity index (χ1v) is 8.67. The summed E-state index contributed by atoms with van der Waals surface area (Å²) < 4.78 is 29.4. The van der Waals surface area contributed by atoms with Gasteiger partial charge >= 0.3 is 0 Å². The van der Waals surface area contributed by atoms with Crippen molar-refractivity contribution >= 4 is 20.9 Å². The Hall–Kier alpha value is -1.66. The number of fused-ring (bicyclic) bond motifs is 1. The van der Waals surface area contributed by atoms with Gasteiger partial charge in [0.1, 0.15) is 10.6 Å². The Morgan fingerprint density at radius 1 is 1.14 bits per heavy atom. The number of rotatable bonds is 3.